The molecule has 3 heterocycles. The third kappa shape index (κ3) is 1.88. The molecule has 0 fully saturated rings. The van der Waals surface area contributed by atoms with Gasteiger partial charge in [-0.2, -0.15) is 0 Å². The van der Waals surface area contributed by atoms with Crippen molar-refractivity contribution in [3.05, 3.63) is 97.1 Å². The van der Waals surface area contributed by atoms with Crippen molar-refractivity contribution in [2.45, 2.75) is 0 Å². The van der Waals surface area contributed by atoms with Crippen molar-refractivity contribution in [1.29, 1.82) is 0 Å². The number of rotatable bonds is 1. The maximum absolute atomic E-state index is 4.99. The van der Waals surface area contributed by atoms with Gasteiger partial charge in [0, 0.05) is 32.5 Å². The van der Waals surface area contributed by atoms with Gasteiger partial charge in [-0.15, -0.1) is 0 Å². The Kier molecular flexibility index (Phi) is 2.77. The van der Waals surface area contributed by atoms with Crippen LogP contribution in [0.25, 0.3) is 60.3 Å². The first kappa shape index (κ1) is 15.1. The van der Waals surface area contributed by atoms with Crippen LogP contribution in [0.15, 0.2) is 97.1 Å². The number of fused-ring (bicyclic) bond motifs is 7. The van der Waals surface area contributed by atoms with Gasteiger partial charge in [0.15, 0.2) is 0 Å². The summed E-state index contributed by atoms with van der Waals surface area (Å²) in [5.41, 5.74) is 7.05. The second-order valence-corrected chi connectivity index (χ2v) is 7.64. The normalized spacial score (nSPS) is 12.1. The lowest BCUT2D eigenvalue weighted by Crippen LogP contribution is -1.87. The number of hydrogen-bond donors (Lipinski definition) is 0. The van der Waals surface area contributed by atoms with E-state index in [1.807, 2.05) is 6.07 Å². The summed E-state index contributed by atoms with van der Waals surface area (Å²) in [7, 11) is 0. The van der Waals surface area contributed by atoms with Crippen LogP contribution in [-0.2, 0) is 0 Å². The van der Waals surface area contributed by atoms with Crippen LogP contribution in [0.3, 0.4) is 0 Å². The third-order valence-electron chi connectivity index (χ3n) is 6.12. The van der Waals surface area contributed by atoms with Crippen molar-refractivity contribution in [3.63, 3.8) is 0 Å². The minimum Gasteiger partial charge on any atom is -0.308 e. The monoisotopic (exact) mass is 368 g/mol. The Bertz CT molecular complexity index is 1700. The van der Waals surface area contributed by atoms with Crippen molar-refractivity contribution < 1.29 is 0 Å². The highest BCUT2D eigenvalue weighted by atomic mass is 14.9. The van der Waals surface area contributed by atoms with Gasteiger partial charge in [-0.25, -0.2) is 4.98 Å². The number of benzene rings is 4. The Morgan fingerprint density at radius 1 is 0.552 bits per heavy atom. The van der Waals surface area contributed by atoms with Crippen LogP contribution in [0.2, 0.25) is 0 Å². The molecule has 0 aliphatic carbocycles. The second-order valence-electron chi connectivity index (χ2n) is 7.64. The van der Waals surface area contributed by atoms with Gasteiger partial charge in [0.2, 0.25) is 0 Å². The molecule has 3 aromatic heterocycles. The molecule has 134 valence electrons. The molecule has 2 heteroatoms. The van der Waals surface area contributed by atoms with Gasteiger partial charge < -0.3 is 4.40 Å². The van der Waals surface area contributed by atoms with E-state index in [4.69, 9.17) is 4.98 Å². The fraction of sp³-hybridized carbons (Fsp3) is 0. The van der Waals surface area contributed by atoms with Gasteiger partial charge in [0.05, 0.1) is 27.8 Å². The maximum atomic E-state index is 4.99. The van der Waals surface area contributed by atoms with E-state index < -0.39 is 0 Å². The summed E-state index contributed by atoms with van der Waals surface area (Å²) in [5.74, 6) is 0. The van der Waals surface area contributed by atoms with Crippen LogP contribution in [0.4, 0.5) is 0 Å². The van der Waals surface area contributed by atoms with Crippen molar-refractivity contribution in [3.8, 4) is 11.3 Å². The lowest BCUT2D eigenvalue weighted by Gasteiger charge is -2.06. The summed E-state index contributed by atoms with van der Waals surface area (Å²) in [6, 6.07) is 34.5. The Hall–Kier alpha value is -3.91. The SMILES string of the molecule is c1ccc2nc(-c3cccc4c3c3cccc5c6ccccc6n4c53)ccc2c1. The molecule has 0 unspecified atom stereocenters. The first-order valence-electron chi connectivity index (χ1n) is 9.92. The standard InChI is InChI=1S/C27H16N2/c1-3-12-22-17(7-1)15-16-23(28-22)20-10-6-14-25-26(20)21-11-5-9-19-18-8-2-4-13-24(18)29(25)27(19)21/h1-16H. The highest BCUT2D eigenvalue weighted by molar-refractivity contribution is 6.25. The number of para-hydroxylation sites is 3. The van der Waals surface area contributed by atoms with Crippen molar-refractivity contribution in [2.75, 3.05) is 0 Å². The molecule has 29 heavy (non-hydrogen) atoms. The molecule has 0 spiro atoms. The molecule has 0 N–H and O–H groups in total. The zero-order valence-corrected chi connectivity index (χ0v) is 15.6. The molecular formula is C27H16N2. The fourth-order valence-electron chi connectivity index (χ4n) is 4.91. The van der Waals surface area contributed by atoms with Crippen LogP contribution >= 0.6 is 0 Å². The number of nitrogens with zero attached hydrogens (tertiary/aromatic N) is 2. The molecule has 0 saturated carbocycles. The van der Waals surface area contributed by atoms with Gasteiger partial charge in [-0.05, 0) is 24.3 Å². The largest absolute Gasteiger partial charge is 0.308 e. The zero-order chi connectivity index (χ0) is 18.9. The summed E-state index contributed by atoms with van der Waals surface area (Å²) in [6.45, 7) is 0. The highest BCUT2D eigenvalue weighted by Gasteiger charge is 2.19. The number of hydrogen-bond acceptors (Lipinski definition) is 1. The van der Waals surface area contributed by atoms with Gasteiger partial charge in [0.25, 0.3) is 0 Å². The molecule has 0 saturated heterocycles. The molecule has 7 aromatic rings. The van der Waals surface area contributed by atoms with Crippen molar-refractivity contribution >= 4 is 49.0 Å². The summed E-state index contributed by atoms with van der Waals surface area (Å²) in [5, 5.41) is 6.36. The topological polar surface area (TPSA) is 17.3 Å². The predicted octanol–water partition coefficient (Wildman–Crippen LogP) is 7.05. The van der Waals surface area contributed by atoms with E-state index in [0.29, 0.717) is 0 Å². The molecule has 0 radical (unpaired) electrons. The smallest absolute Gasteiger partial charge is 0.0716 e. The van der Waals surface area contributed by atoms with Gasteiger partial charge in [0.1, 0.15) is 0 Å². The van der Waals surface area contributed by atoms with E-state index in [1.54, 1.807) is 0 Å². The molecule has 4 aromatic carbocycles. The van der Waals surface area contributed by atoms with Crippen LogP contribution in [-0.4, -0.2) is 9.38 Å². The van der Waals surface area contributed by atoms with Crippen LogP contribution in [0.1, 0.15) is 0 Å². The van der Waals surface area contributed by atoms with Crippen LogP contribution < -0.4 is 0 Å². The quantitative estimate of drug-likeness (QED) is 0.303. The zero-order valence-electron chi connectivity index (χ0n) is 15.6. The minimum atomic E-state index is 1.02. The molecule has 7 rings (SSSR count). The van der Waals surface area contributed by atoms with Crippen molar-refractivity contribution in [1.82, 2.24) is 9.38 Å². The molecule has 0 aliphatic rings. The van der Waals surface area contributed by atoms with Crippen LogP contribution in [0.5, 0.6) is 0 Å². The fourth-order valence-corrected chi connectivity index (χ4v) is 4.91. The van der Waals surface area contributed by atoms with E-state index >= 15 is 0 Å². The Labute approximate surface area is 167 Å². The summed E-state index contributed by atoms with van der Waals surface area (Å²) in [4.78, 5) is 4.99. The Balaban J connectivity index is 1.68. The van der Waals surface area contributed by atoms with Crippen molar-refractivity contribution in [2.24, 2.45) is 0 Å². The Morgan fingerprint density at radius 2 is 1.31 bits per heavy atom. The van der Waals surface area contributed by atoms with Gasteiger partial charge in [-0.1, -0.05) is 72.8 Å². The first-order chi connectivity index (χ1) is 14.4. The predicted molar refractivity (Wildman–Crippen MR) is 122 cm³/mol. The molecule has 0 atom stereocenters. The van der Waals surface area contributed by atoms with E-state index in [0.717, 1.165) is 11.2 Å². The molecular weight excluding hydrogens is 352 g/mol. The van der Waals surface area contributed by atoms with E-state index in [-0.39, 0.29) is 0 Å². The van der Waals surface area contributed by atoms with Gasteiger partial charge >= 0.3 is 0 Å². The minimum absolute atomic E-state index is 1.02. The van der Waals surface area contributed by atoms with E-state index in [2.05, 4.69) is 95.4 Å². The summed E-state index contributed by atoms with van der Waals surface area (Å²) >= 11 is 0. The molecule has 2 nitrogen and oxygen atoms in total. The molecule has 0 aliphatic heterocycles. The first-order valence-corrected chi connectivity index (χ1v) is 9.92. The average Bonchev–Trinajstić information content (AvgIpc) is 3.31. The average molecular weight is 368 g/mol. The lowest BCUT2D eigenvalue weighted by molar-refractivity contribution is 1.37. The summed E-state index contributed by atoms with van der Waals surface area (Å²) < 4.78 is 2.42. The second kappa shape index (κ2) is 5.33. The Morgan fingerprint density at radius 3 is 2.31 bits per heavy atom. The molecule has 0 bridgehead atoms. The van der Waals surface area contributed by atoms with E-state index in [1.165, 1.54) is 49.0 Å². The molecule has 0 amide bonds. The third-order valence-corrected chi connectivity index (χ3v) is 6.12. The number of pyridine rings is 1. The maximum Gasteiger partial charge on any atom is 0.0716 e. The number of aromatic nitrogens is 2. The van der Waals surface area contributed by atoms with Gasteiger partial charge in [-0.3, -0.25) is 0 Å². The lowest BCUT2D eigenvalue weighted by atomic mass is 10.0. The van der Waals surface area contributed by atoms with Crippen LogP contribution in [0, 0.1) is 0 Å². The summed E-state index contributed by atoms with van der Waals surface area (Å²) in [6.07, 6.45) is 0. The van der Waals surface area contributed by atoms with E-state index in [9.17, 15) is 0 Å². The highest BCUT2D eigenvalue weighted by Crippen LogP contribution is 2.42.